The summed E-state index contributed by atoms with van der Waals surface area (Å²) in [6.45, 7) is 12.9. The molecule has 0 aromatic rings. The van der Waals surface area contributed by atoms with Crippen molar-refractivity contribution in [2.75, 3.05) is 13.2 Å². The smallest absolute Gasteiger partial charge is 0.106 e. The van der Waals surface area contributed by atoms with Crippen LogP contribution in [0, 0.1) is 46.3 Å². The van der Waals surface area contributed by atoms with Gasteiger partial charge in [0.25, 0.3) is 0 Å². The highest BCUT2D eigenvalue weighted by Gasteiger charge is 2.59. The zero-order valence-electron chi connectivity index (χ0n) is 21.1. The number of rotatable bonds is 8. The Hall–Kier alpha value is -0.340. The number of hydrogen-bond donors (Lipinski definition) is 0. The van der Waals surface area contributed by atoms with Crippen LogP contribution < -0.4 is 0 Å². The summed E-state index contributed by atoms with van der Waals surface area (Å²) in [5, 5.41) is 10.9. The van der Waals surface area contributed by atoms with Gasteiger partial charge < -0.3 is 4.74 Å². The number of hydrogen-bond acceptors (Lipinski definition) is 1. The highest BCUT2D eigenvalue weighted by atomic mass is 16.5. The van der Waals surface area contributed by atoms with Crippen LogP contribution in [0.4, 0.5) is 0 Å². The Morgan fingerprint density at radius 2 is 1.84 bits per heavy atom. The van der Waals surface area contributed by atoms with Crippen molar-refractivity contribution in [2.45, 2.75) is 111 Å². The monoisotopic (exact) mass is 429 g/mol. The highest BCUT2D eigenvalue weighted by molar-refractivity contribution is 5.25. The van der Waals surface area contributed by atoms with E-state index in [1.54, 1.807) is 5.57 Å². The summed E-state index contributed by atoms with van der Waals surface area (Å²) in [5.41, 5.74) is 2.65. The van der Waals surface area contributed by atoms with Crippen LogP contribution in [0.15, 0.2) is 11.6 Å². The Morgan fingerprint density at radius 3 is 2.58 bits per heavy atom. The molecule has 3 fully saturated rings. The van der Waals surface area contributed by atoms with Gasteiger partial charge in [0, 0.05) is 0 Å². The molecule has 4 aliphatic rings. The third-order valence-corrected chi connectivity index (χ3v) is 10.7. The molecule has 0 spiro atoms. The number of ether oxygens (including phenoxy) is 1. The molecule has 0 aromatic carbocycles. The first-order valence-electron chi connectivity index (χ1n) is 13.7. The molecule has 177 valence electrons. The fourth-order valence-corrected chi connectivity index (χ4v) is 9.01. The second-order valence-electron chi connectivity index (χ2n) is 12.7. The van der Waals surface area contributed by atoms with Crippen LogP contribution >= 0.6 is 0 Å². The van der Waals surface area contributed by atoms with Crippen molar-refractivity contribution in [1.29, 1.82) is 0 Å². The lowest BCUT2D eigenvalue weighted by Crippen LogP contribution is -2.51. The van der Waals surface area contributed by atoms with Gasteiger partial charge in [-0.15, -0.1) is 0 Å². The van der Waals surface area contributed by atoms with Gasteiger partial charge in [0.05, 0.1) is 12.7 Å². The van der Waals surface area contributed by atoms with E-state index in [-0.39, 0.29) is 6.61 Å². The number of allylic oxidation sites excluding steroid dienone is 1. The zero-order chi connectivity index (χ0) is 22.2. The Morgan fingerprint density at radius 1 is 1.03 bits per heavy atom. The Kier molecular flexibility index (Phi) is 7.29. The standard InChI is InChI=1S/C29H49O2/c1-20(2)7-6-8-21(3)25-11-12-26-24-10-9-22-19-23(31-18-17-30)13-15-28(22,4)27(24)14-16-29(25,26)5/h9,20-21,23-27H,6-8,10-19H2,1-5H3/t21-,23?,24?,25-,26?,27?,28+,29-/m1/s1. The maximum absolute atomic E-state index is 10.9. The van der Waals surface area contributed by atoms with E-state index < -0.39 is 0 Å². The molecule has 0 heterocycles. The Bertz CT molecular complexity index is 639. The fraction of sp³-hybridized carbons (Fsp3) is 0.931. The molecule has 4 unspecified atom stereocenters. The van der Waals surface area contributed by atoms with E-state index in [9.17, 15) is 5.11 Å². The molecule has 8 atom stereocenters. The Labute approximate surface area is 192 Å². The lowest BCUT2D eigenvalue weighted by molar-refractivity contribution is -0.0673. The third-order valence-electron chi connectivity index (χ3n) is 10.7. The van der Waals surface area contributed by atoms with E-state index in [1.165, 1.54) is 57.8 Å². The molecule has 31 heavy (non-hydrogen) atoms. The van der Waals surface area contributed by atoms with Crippen LogP contribution in [0.5, 0.6) is 0 Å². The molecule has 2 heteroatoms. The van der Waals surface area contributed by atoms with Gasteiger partial charge >= 0.3 is 0 Å². The highest BCUT2D eigenvalue weighted by Crippen LogP contribution is 2.67. The molecule has 0 N–H and O–H groups in total. The van der Waals surface area contributed by atoms with E-state index in [0.29, 0.717) is 23.5 Å². The van der Waals surface area contributed by atoms with Crippen LogP contribution in [0.3, 0.4) is 0 Å². The number of fused-ring (bicyclic) bond motifs is 5. The minimum Gasteiger partial charge on any atom is -0.375 e. The fourth-order valence-electron chi connectivity index (χ4n) is 9.01. The zero-order valence-corrected chi connectivity index (χ0v) is 21.1. The predicted molar refractivity (Wildman–Crippen MR) is 128 cm³/mol. The van der Waals surface area contributed by atoms with Gasteiger partial charge in [-0.3, -0.25) is 0 Å². The van der Waals surface area contributed by atoms with Crippen LogP contribution in [0.2, 0.25) is 0 Å². The van der Waals surface area contributed by atoms with Crippen molar-refractivity contribution in [3.63, 3.8) is 0 Å². The van der Waals surface area contributed by atoms with Crippen molar-refractivity contribution in [3.05, 3.63) is 11.6 Å². The van der Waals surface area contributed by atoms with Crippen LogP contribution in [-0.4, -0.2) is 19.3 Å². The summed E-state index contributed by atoms with van der Waals surface area (Å²) in [7, 11) is 0. The SMILES string of the molecule is CC(C)CCC[C@@H](C)[C@H]1CCC2C3CC=C4CC(OCC[O])CC[C@]4(C)C3CC[C@@]21C. The summed E-state index contributed by atoms with van der Waals surface area (Å²) < 4.78 is 5.88. The van der Waals surface area contributed by atoms with E-state index in [0.717, 1.165) is 48.3 Å². The molecule has 0 bridgehead atoms. The first-order chi connectivity index (χ1) is 14.8. The first kappa shape index (κ1) is 23.8. The van der Waals surface area contributed by atoms with E-state index in [1.807, 2.05) is 0 Å². The predicted octanol–water partition coefficient (Wildman–Crippen LogP) is 7.84. The summed E-state index contributed by atoms with van der Waals surface area (Å²) in [5.74, 6) is 5.40. The minimum atomic E-state index is -0.102. The second-order valence-corrected chi connectivity index (χ2v) is 12.7. The van der Waals surface area contributed by atoms with Crippen LogP contribution in [0.25, 0.3) is 0 Å². The molecule has 4 rings (SSSR count). The van der Waals surface area contributed by atoms with Gasteiger partial charge in [-0.25, -0.2) is 5.11 Å². The quantitative estimate of drug-likeness (QED) is 0.361. The molecule has 0 saturated heterocycles. The third kappa shape index (κ3) is 4.42. The average molecular weight is 430 g/mol. The lowest BCUT2D eigenvalue weighted by atomic mass is 9.47. The molecule has 0 aromatic heterocycles. The maximum atomic E-state index is 10.9. The molecular formula is C29H49O2. The van der Waals surface area contributed by atoms with Gasteiger partial charge in [-0.2, -0.15) is 0 Å². The Balaban J connectivity index is 1.45. The molecular weight excluding hydrogens is 380 g/mol. The van der Waals surface area contributed by atoms with Gasteiger partial charge in [-0.05, 0) is 97.7 Å². The van der Waals surface area contributed by atoms with Crippen molar-refractivity contribution >= 4 is 0 Å². The minimum absolute atomic E-state index is 0.102. The molecule has 4 aliphatic carbocycles. The van der Waals surface area contributed by atoms with Crippen LogP contribution in [-0.2, 0) is 9.84 Å². The molecule has 0 aliphatic heterocycles. The van der Waals surface area contributed by atoms with Gasteiger partial charge in [-0.1, -0.05) is 65.5 Å². The molecule has 0 amide bonds. The van der Waals surface area contributed by atoms with Gasteiger partial charge in [0.15, 0.2) is 0 Å². The molecule has 3 saturated carbocycles. The second kappa shape index (κ2) is 9.49. The normalized spacial score (nSPS) is 43.2. The summed E-state index contributed by atoms with van der Waals surface area (Å²) in [6, 6.07) is 0. The van der Waals surface area contributed by atoms with E-state index in [2.05, 4.69) is 40.7 Å². The maximum Gasteiger partial charge on any atom is 0.106 e. The van der Waals surface area contributed by atoms with Crippen LogP contribution in [0.1, 0.15) is 105 Å². The van der Waals surface area contributed by atoms with Gasteiger partial charge in [0.1, 0.15) is 6.61 Å². The molecule has 2 nitrogen and oxygen atoms in total. The lowest BCUT2D eigenvalue weighted by Gasteiger charge is -2.58. The van der Waals surface area contributed by atoms with E-state index in [4.69, 9.17) is 4.74 Å². The van der Waals surface area contributed by atoms with Crippen molar-refractivity contribution < 1.29 is 9.84 Å². The topological polar surface area (TPSA) is 29.1 Å². The van der Waals surface area contributed by atoms with Crippen molar-refractivity contribution in [2.24, 2.45) is 46.3 Å². The summed E-state index contributed by atoms with van der Waals surface area (Å²) >= 11 is 0. The largest absolute Gasteiger partial charge is 0.375 e. The molecule has 1 radical (unpaired) electrons. The average Bonchev–Trinajstić information content (AvgIpc) is 3.09. The van der Waals surface area contributed by atoms with Crippen molar-refractivity contribution in [3.8, 4) is 0 Å². The van der Waals surface area contributed by atoms with E-state index >= 15 is 0 Å². The summed E-state index contributed by atoms with van der Waals surface area (Å²) in [6.07, 6.45) is 17.8. The van der Waals surface area contributed by atoms with Crippen molar-refractivity contribution in [1.82, 2.24) is 0 Å². The summed E-state index contributed by atoms with van der Waals surface area (Å²) in [4.78, 5) is 0. The first-order valence-corrected chi connectivity index (χ1v) is 13.7. The van der Waals surface area contributed by atoms with Gasteiger partial charge in [0.2, 0.25) is 0 Å².